The van der Waals surface area contributed by atoms with E-state index in [4.69, 9.17) is 9.15 Å². The Kier molecular flexibility index (Phi) is 7.90. The third kappa shape index (κ3) is 6.63. The first-order valence-corrected chi connectivity index (χ1v) is 10.6. The van der Waals surface area contributed by atoms with Crippen LogP contribution in [0.2, 0.25) is 0 Å². The summed E-state index contributed by atoms with van der Waals surface area (Å²) in [5, 5.41) is 19.4. The van der Waals surface area contributed by atoms with Crippen LogP contribution in [-0.2, 0) is 16.8 Å². The summed E-state index contributed by atoms with van der Waals surface area (Å²) >= 11 is 1.54. The van der Waals surface area contributed by atoms with E-state index in [0.29, 0.717) is 19.0 Å². The fraction of sp³-hybridized carbons (Fsp3) is 0.550. The predicted molar refractivity (Wildman–Crippen MR) is 112 cm³/mol. The van der Waals surface area contributed by atoms with E-state index in [9.17, 15) is 5.11 Å². The quantitative estimate of drug-likeness (QED) is 0.434. The van der Waals surface area contributed by atoms with Crippen molar-refractivity contribution in [1.29, 1.82) is 0 Å². The van der Waals surface area contributed by atoms with Gasteiger partial charge in [-0.05, 0) is 30.5 Å². The van der Waals surface area contributed by atoms with Crippen LogP contribution in [0.3, 0.4) is 0 Å². The number of aliphatic hydroxyl groups is 1. The van der Waals surface area contributed by atoms with Gasteiger partial charge in [-0.1, -0.05) is 6.07 Å². The Morgan fingerprint density at radius 1 is 1.25 bits per heavy atom. The van der Waals surface area contributed by atoms with Crippen LogP contribution in [0.1, 0.15) is 17.6 Å². The van der Waals surface area contributed by atoms with Crippen LogP contribution in [0.4, 0.5) is 0 Å². The van der Waals surface area contributed by atoms with Gasteiger partial charge in [-0.3, -0.25) is 4.90 Å². The van der Waals surface area contributed by atoms with Gasteiger partial charge in [0.2, 0.25) is 0 Å². The molecule has 3 heterocycles. The first-order valence-electron chi connectivity index (χ1n) is 9.74. The normalized spacial score (nSPS) is 18.0. The van der Waals surface area contributed by atoms with Gasteiger partial charge < -0.3 is 24.9 Å². The molecule has 1 aliphatic heterocycles. The van der Waals surface area contributed by atoms with Gasteiger partial charge in [-0.15, -0.1) is 11.3 Å². The molecule has 0 radical (unpaired) electrons. The third-order valence-electron chi connectivity index (χ3n) is 4.67. The molecule has 3 rings (SSSR count). The van der Waals surface area contributed by atoms with Gasteiger partial charge in [0.05, 0.1) is 26.0 Å². The zero-order chi connectivity index (χ0) is 19.7. The molecule has 1 atom stereocenters. The minimum absolute atomic E-state index is 0.293. The number of guanidine groups is 1. The number of morpholine rings is 1. The molecule has 0 saturated carbocycles. The summed E-state index contributed by atoms with van der Waals surface area (Å²) in [5.41, 5.74) is -0.978. The lowest BCUT2D eigenvalue weighted by molar-refractivity contribution is 0.0389. The van der Waals surface area contributed by atoms with Gasteiger partial charge in [0.15, 0.2) is 5.96 Å². The van der Waals surface area contributed by atoms with Crippen LogP contribution in [0, 0.1) is 0 Å². The molecule has 7 nitrogen and oxygen atoms in total. The van der Waals surface area contributed by atoms with E-state index >= 15 is 0 Å². The van der Waals surface area contributed by atoms with Gasteiger partial charge in [0, 0.05) is 44.0 Å². The van der Waals surface area contributed by atoms with Crippen LogP contribution in [-0.4, -0.2) is 68.4 Å². The molecule has 1 unspecified atom stereocenters. The summed E-state index contributed by atoms with van der Waals surface area (Å²) in [6.07, 6.45) is 2.46. The second-order valence-electron chi connectivity index (χ2n) is 7.05. The molecule has 1 aliphatic rings. The SMILES string of the molecule is CC(O)(CN=C(NCCc1ccco1)NCCN1CCOCC1)c1cccs1. The van der Waals surface area contributed by atoms with Gasteiger partial charge in [0.1, 0.15) is 11.4 Å². The van der Waals surface area contributed by atoms with E-state index in [1.54, 1.807) is 24.5 Å². The van der Waals surface area contributed by atoms with Crippen molar-refractivity contribution in [3.63, 3.8) is 0 Å². The lowest BCUT2D eigenvalue weighted by Gasteiger charge is -2.27. The Balaban J connectivity index is 1.52. The number of hydrogen-bond donors (Lipinski definition) is 3. The molecule has 154 valence electrons. The zero-order valence-corrected chi connectivity index (χ0v) is 17.2. The molecule has 0 spiro atoms. The third-order valence-corrected chi connectivity index (χ3v) is 5.79. The number of ether oxygens (including phenoxy) is 1. The molecule has 0 bridgehead atoms. The first-order chi connectivity index (χ1) is 13.6. The summed E-state index contributed by atoms with van der Waals surface area (Å²) in [6.45, 7) is 8.05. The lowest BCUT2D eigenvalue weighted by Crippen LogP contribution is -2.45. The number of rotatable bonds is 9. The number of nitrogens with one attached hydrogen (secondary N) is 2. The topological polar surface area (TPSA) is 82.3 Å². The fourth-order valence-electron chi connectivity index (χ4n) is 2.99. The highest BCUT2D eigenvalue weighted by Gasteiger charge is 2.24. The second-order valence-corrected chi connectivity index (χ2v) is 8.00. The highest BCUT2D eigenvalue weighted by Crippen LogP contribution is 2.25. The molecule has 0 aliphatic carbocycles. The minimum Gasteiger partial charge on any atom is -0.469 e. The Morgan fingerprint density at radius 2 is 2.07 bits per heavy atom. The summed E-state index contributed by atoms with van der Waals surface area (Å²) in [5.74, 6) is 1.64. The molecule has 2 aromatic rings. The van der Waals surface area contributed by atoms with Gasteiger partial charge in [-0.25, -0.2) is 4.99 Å². The first kappa shape index (κ1) is 20.9. The standard InChI is InChI=1S/C20H30N4O3S/c1-20(25,18-5-3-15-28-18)16-23-19(21-7-6-17-4-2-12-27-17)22-8-9-24-10-13-26-14-11-24/h2-5,12,15,25H,6-11,13-14,16H2,1H3,(H2,21,22,23). The van der Waals surface area contributed by atoms with E-state index < -0.39 is 5.60 Å². The summed E-state index contributed by atoms with van der Waals surface area (Å²) in [4.78, 5) is 7.92. The maximum atomic E-state index is 10.7. The predicted octanol–water partition coefficient (Wildman–Crippen LogP) is 1.66. The molecule has 28 heavy (non-hydrogen) atoms. The Morgan fingerprint density at radius 3 is 2.79 bits per heavy atom. The molecule has 8 heteroatoms. The van der Waals surface area contributed by atoms with Crippen molar-refractivity contribution in [3.8, 4) is 0 Å². The number of aliphatic imine (C=N–C) groups is 1. The summed E-state index contributed by atoms with van der Waals surface area (Å²) in [6, 6.07) is 7.74. The largest absolute Gasteiger partial charge is 0.469 e. The van der Waals surface area contributed by atoms with Crippen LogP contribution in [0.15, 0.2) is 45.3 Å². The maximum Gasteiger partial charge on any atom is 0.191 e. The number of nitrogens with zero attached hydrogens (tertiary/aromatic N) is 2. The van der Waals surface area contributed by atoms with Gasteiger partial charge in [0.25, 0.3) is 0 Å². The van der Waals surface area contributed by atoms with E-state index in [0.717, 1.165) is 56.5 Å². The van der Waals surface area contributed by atoms with Crippen molar-refractivity contribution >= 4 is 17.3 Å². The lowest BCUT2D eigenvalue weighted by atomic mass is 10.1. The molecule has 2 aromatic heterocycles. The number of hydrogen-bond acceptors (Lipinski definition) is 6. The van der Waals surface area contributed by atoms with E-state index in [1.807, 2.05) is 29.6 Å². The van der Waals surface area contributed by atoms with Crippen LogP contribution < -0.4 is 10.6 Å². The van der Waals surface area contributed by atoms with E-state index in [2.05, 4.69) is 20.5 Å². The minimum atomic E-state index is -0.978. The zero-order valence-electron chi connectivity index (χ0n) is 16.4. The molecule has 0 aromatic carbocycles. The van der Waals surface area contributed by atoms with Crippen molar-refractivity contribution in [2.75, 3.05) is 52.5 Å². The average Bonchev–Trinajstić information content (AvgIpc) is 3.41. The molecule has 1 fully saturated rings. The van der Waals surface area contributed by atoms with Crippen molar-refractivity contribution in [2.24, 2.45) is 4.99 Å². The molecule has 1 saturated heterocycles. The maximum absolute atomic E-state index is 10.7. The monoisotopic (exact) mass is 406 g/mol. The highest BCUT2D eigenvalue weighted by molar-refractivity contribution is 7.10. The fourth-order valence-corrected chi connectivity index (χ4v) is 3.77. The Hall–Kier alpha value is -1.87. The van der Waals surface area contributed by atoms with Crippen LogP contribution >= 0.6 is 11.3 Å². The van der Waals surface area contributed by atoms with E-state index in [-0.39, 0.29) is 0 Å². The van der Waals surface area contributed by atoms with E-state index in [1.165, 1.54) is 0 Å². The van der Waals surface area contributed by atoms with Crippen LogP contribution in [0.25, 0.3) is 0 Å². The smallest absolute Gasteiger partial charge is 0.191 e. The molecular weight excluding hydrogens is 376 g/mol. The van der Waals surface area contributed by atoms with Crippen molar-refractivity contribution in [3.05, 3.63) is 46.5 Å². The number of furan rings is 1. The Bertz CT molecular complexity index is 695. The number of thiophene rings is 1. The highest BCUT2D eigenvalue weighted by atomic mass is 32.1. The summed E-state index contributed by atoms with van der Waals surface area (Å²) < 4.78 is 10.8. The second kappa shape index (κ2) is 10.6. The van der Waals surface area contributed by atoms with Crippen molar-refractivity contribution in [1.82, 2.24) is 15.5 Å². The average molecular weight is 407 g/mol. The molecule has 0 amide bonds. The molecular formula is C20H30N4O3S. The summed E-state index contributed by atoms with van der Waals surface area (Å²) in [7, 11) is 0. The van der Waals surface area contributed by atoms with Gasteiger partial charge in [-0.2, -0.15) is 0 Å². The molecule has 3 N–H and O–H groups in total. The van der Waals surface area contributed by atoms with Crippen molar-refractivity contribution in [2.45, 2.75) is 18.9 Å². The van der Waals surface area contributed by atoms with Crippen molar-refractivity contribution < 1.29 is 14.3 Å². The van der Waals surface area contributed by atoms with Crippen LogP contribution in [0.5, 0.6) is 0 Å². The Labute approximate surface area is 170 Å². The van der Waals surface area contributed by atoms with Gasteiger partial charge >= 0.3 is 0 Å².